The van der Waals surface area contributed by atoms with Gasteiger partial charge in [-0.1, -0.05) is 65.0 Å². The van der Waals surface area contributed by atoms with E-state index in [9.17, 15) is 14.7 Å². The Bertz CT molecular complexity index is 467. The van der Waals surface area contributed by atoms with Crippen molar-refractivity contribution < 1.29 is 19.8 Å². The number of ketones is 1. The van der Waals surface area contributed by atoms with Gasteiger partial charge in [0.25, 0.3) is 0 Å². The van der Waals surface area contributed by atoms with Gasteiger partial charge in [-0.2, -0.15) is 0 Å². The molecule has 2 N–H and O–H groups in total. The molecule has 0 aromatic carbocycles. The van der Waals surface area contributed by atoms with E-state index in [1.165, 1.54) is 12.8 Å². The Morgan fingerprint density at radius 3 is 2.54 bits per heavy atom. The molecule has 1 aliphatic carbocycles. The van der Waals surface area contributed by atoms with Crippen molar-refractivity contribution >= 4 is 11.8 Å². The highest BCUT2D eigenvalue weighted by atomic mass is 16.4. The van der Waals surface area contributed by atoms with Crippen LogP contribution in [0.25, 0.3) is 0 Å². The van der Waals surface area contributed by atoms with E-state index in [2.05, 4.69) is 32.9 Å². The van der Waals surface area contributed by atoms with Gasteiger partial charge in [0.2, 0.25) is 0 Å². The first-order valence-corrected chi connectivity index (χ1v) is 10.4. The number of unbranched alkanes of at least 4 members (excludes halogenated alkanes) is 4. The third kappa shape index (κ3) is 8.48. The van der Waals surface area contributed by atoms with Crippen molar-refractivity contribution in [3.63, 3.8) is 0 Å². The van der Waals surface area contributed by atoms with E-state index in [1.807, 2.05) is 0 Å². The molecule has 3 atom stereocenters. The lowest BCUT2D eigenvalue weighted by Gasteiger charge is -2.22. The number of aliphatic hydroxyl groups is 1. The SMILES string of the molecule is CCCCC(C)(C)C=CC[C@H]1[C@H](O)CC(=O)[C@@H]1CCCCCCC(=O)O. The van der Waals surface area contributed by atoms with Crippen LogP contribution < -0.4 is 0 Å². The predicted octanol–water partition coefficient (Wildman–Crippen LogP) is 5.14. The summed E-state index contributed by atoms with van der Waals surface area (Å²) in [4.78, 5) is 22.8. The van der Waals surface area contributed by atoms with Crippen LogP contribution in [-0.4, -0.2) is 28.1 Å². The maximum absolute atomic E-state index is 12.2. The van der Waals surface area contributed by atoms with Crippen molar-refractivity contribution in [1.82, 2.24) is 0 Å². The van der Waals surface area contributed by atoms with Crippen LogP contribution >= 0.6 is 0 Å². The van der Waals surface area contributed by atoms with E-state index < -0.39 is 12.1 Å². The van der Waals surface area contributed by atoms with Gasteiger partial charge in [-0.25, -0.2) is 0 Å². The molecule has 0 aromatic rings. The Labute approximate surface area is 159 Å². The summed E-state index contributed by atoms with van der Waals surface area (Å²) in [6, 6.07) is 0. The predicted molar refractivity (Wildman–Crippen MR) is 105 cm³/mol. The third-order valence-electron chi connectivity index (χ3n) is 5.64. The molecule has 4 nitrogen and oxygen atoms in total. The van der Waals surface area contributed by atoms with E-state index in [4.69, 9.17) is 5.11 Å². The summed E-state index contributed by atoms with van der Waals surface area (Å²) < 4.78 is 0. The fourth-order valence-corrected chi connectivity index (χ4v) is 3.97. The summed E-state index contributed by atoms with van der Waals surface area (Å²) in [5, 5.41) is 18.9. The summed E-state index contributed by atoms with van der Waals surface area (Å²) in [7, 11) is 0. The van der Waals surface area contributed by atoms with E-state index in [-0.39, 0.29) is 29.5 Å². The first-order valence-electron chi connectivity index (χ1n) is 10.4. The molecule has 150 valence electrons. The summed E-state index contributed by atoms with van der Waals surface area (Å²) >= 11 is 0. The quantitative estimate of drug-likeness (QED) is 0.349. The van der Waals surface area contributed by atoms with E-state index in [0.717, 1.165) is 38.5 Å². The summed E-state index contributed by atoms with van der Waals surface area (Å²) in [5.41, 5.74) is 0.170. The van der Waals surface area contributed by atoms with Gasteiger partial charge in [0.05, 0.1) is 6.10 Å². The van der Waals surface area contributed by atoms with Crippen molar-refractivity contribution in [3.8, 4) is 0 Å². The number of hydrogen-bond donors (Lipinski definition) is 2. The number of aliphatic hydroxyl groups excluding tert-OH is 1. The molecule has 4 heteroatoms. The standard InChI is InChI=1S/C22H38O4/c1-4-5-14-22(2,3)15-10-12-18-17(19(23)16-20(18)24)11-8-6-7-9-13-21(25)26/h10,15,17-18,20,24H,4-9,11-14,16H2,1-3H3,(H,25,26)/t17-,18-,20-/m1/s1. The lowest BCUT2D eigenvalue weighted by atomic mass is 9.83. The van der Waals surface area contributed by atoms with Crippen LogP contribution in [0, 0.1) is 17.3 Å². The number of allylic oxidation sites excluding steroid dienone is 2. The van der Waals surface area contributed by atoms with Gasteiger partial charge >= 0.3 is 5.97 Å². The number of carbonyl (C=O) groups excluding carboxylic acids is 1. The molecule has 0 aliphatic heterocycles. The number of hydrogen-bond acceptors (Lipinski definition) is 3. The molecular weight excluding hydrogens is 328 g/mol. The van der Waals surface area contributed by atoms with Crippen molar-refractivity contribution in [2.24, 2.45) is 17.3 Å². The van der Waals surface area contributed by atoms with Crippen molar-refractivity contribution in [2.75, 3.05) is 0 Å². The molecule has 1 aliphatic rings. The van der Waals surface area contributed by atoms with Gasteiger partial charge < -0.3 is 10.2 Å². The van der Waals surface area contributed by atoms with Gasteiger partial charge in [0, 0.05) is 18.8 Å². The molecule has 0 bridgehead atoms. The lowest BCUT2D eigenvalue weighted by molar-refractivity contribution is -0.137. The lowest BCUT2D eigenvalue weighted by Crippen LogP contribution is -2.20. The van der Waals surface area contributed by atoms with Crippen LogP contribution in [0.2, 0.25) is 0 Å². The average Bonchev–Trinajstić information content (AvgIpc) is 2.82. The van der Waals surface area contributed by atoms with E-state index in [1.54, 1.807) is 0 Å². The van der Waals surface area contributed by atoms with E-state index in [0.29, 0.717) is 12.8 Å². The topological polar surface area (TPSA) is 74.6 Å². The molecule has 0 saturated heterocycles. The molecular formula is C22H38O4. The van der Waals surface area contributed by atoms with Crippen LogP contribution in [0.1, 0.15) is 91.4 Å². The van der Waals surface area contributed by atoms with Gasteiger partial charge in [-0.3, -0.25) is 9.59 Å². The minimum absolute atomic E-state index is 0.0344. The Hall–Kier alpha value is -1.16. The second-order valence-corrected chi connectivity index (χ2v) is 8.58. The van der Waals surface area contributed by atoms with Crippen molar-refractivity contribution in [1.29, 1.82) is 0 Å². The smallest absolute Gasteiger partial charge is 0.303 e. The van der Waals surface area contributed by atoms with Crippen LogP contribution in [0.5, 0.6) is 0 Å². The van der Waals surface area contributed by atoms with Crippen LogP contribution in [-0.2, 0) is 9.59 Å². The number of rotatable bonds is 13. The maximum Gasteiger partial charge on any atom is 0.303 e. The largest absolute Gasteiger partial charge is 0.481 e. The normalized spacial score (nSPS) is 23.8. The number of carboxylic acids is 1. The highest BCUT2D eigenvalue weighted by Gasteiger charge is 2.40. The van der Waals surface area contributed by atoms with Crippen LogP contribution in [0.4, 0.5) is 0 Å². The van der Waals surface area contributed by atoms with E-state index >= 15 is 0 Å². The molecule has 0 unspecified atom stereocenters. The monoisotopic (exact) mass is 366 g/mol. The Morgan fingerprint density at radius 1 is 1.19 bits per heavy atom. The molecule has 0 heterocycles. The number of carboxylic acid groups (broad SMARTS) is 1. The van der Waals surface area contributed by atoms with Crippen LogP contribution in [0.15, 0.2) is 12.2 Å². The second kappa shape index (κ2) is 11.5. The van der Waals surface area contributed by atoms with Gasteiger partial charge in [0.15, 0.2) is 0 Å². The van der Waals surface area contributed by atoms with Gasteiger partial charge in [0.1, 0.15) is 5.78 Å². The fraction of sp³-hybridized carbons (Fsp3) is 0.818. The molecule has 0 aromatic heterocycles. The summed E-state index contributed by atoms with van der Waals surface area (Å²) in [6.45, 7) is 6.68. The van der Waals surface area contributed by atoms with Gasteiger partial charge in [-0.15, -0.1) is 0 Å². The number of Topliss-reactive ketones (excluding diaryl/α,β-unsaturated/α-hetero) is 1. The molecule has 26 heavy (non-hydrogen) atoms. The first-order chi connectivity index (χ1) is 12.3. The number of carbonyl (C=O) groups is 2. The average molecular weight is 367 g/mol. The second-order valence-electron chi connectivity index (χ2n) is 8.58. The Morgan fingerprint density at radius 2 is 1.88 bits per heavy atom. The minimum Gasteiger partial charge on any atom is -0.481 e. The highest BCUT2D eigenvalue weighted by molar-refractivity contribution is 5.84. The third-order valence-corrected chi connectivity index (χ3v) is 5.64. The molecule has 1 fully saturated rings. The molecule has 0 radical (unpaired) electrons. The zero-order valence-electron chi connectivity index (χ0n) is 16.9. The molecule has 0 amide bonds. The van der Waals surface area contributed by atoms with Crippen molar-refractivity contribution in [3.05, 3.63) is 12.2 Å². The molecule has 0 spiro atoms. The molecule has 1 saturated carbocycles. The first kappa shape index (κ1) is 22.9. The maximum atomic E-state index is 12.2. The fourth-order valence-electron chi connectivity index (χ4n) is 3.97. The Balaban J connectivity index is 2.43. The zero-order valence-corrected chi connectivity index (χ0v) is 16.9. The minimum atomic E-state index is -0.743. The zero-order chi connectivity index (χ0) is 19.6. The van der Waals surface area contributed by atoms with Crippen LogP contribution in [0.3, 0.4) is 0 Å². The highest BCUT2D eigenvalue weighted by Crippen LogP contribution is 2.36. The Kier molecular flexibility index (Phi) is 10.1. The molecule has 1 rings (SSSR count). The summed E-state index contributed by atoms with van der Waals surface area (Å²) in [6.07, 6.45) is 13.1. The summed E-state index contributed by atoms with van der Waals surface area (Å²) in [5.74, 6) is -0.535. The van der Waals surface area contributed by atoms with Gasteiger partial charge in [-0.05, 0) is 37.0 Å². The number of aliphatic carboxylic acids is 1. The van der Waals surface area contributed by atoms with Crippen molar-refractivity contribution in [2.45, 2.75) is 97.5 Å².